The number of thioether (sulfide) groups is 2. The monoisotopic (exact) mass is 1490 g/mol. The number of rotatable bonds is 5. The number of hydrogen-bond donors (Lipinski definition) is 6. The molecule has 6 amide bonds. The van der Waals surface area contributed by atoms with E-state index < -0.39 is 108 Å². The molecule has 104 heavy (non-hydrogen) atoms. The van der Waals surface area contributed by atoms with E-state index in [1.54, 1.807) is 49.2 Å². The quantitative estimate of drug-likeness (QED) is 0.149. The summed E-state index contributed by atoms with van der Waals surface area (Å²) in [7, 11) is 0. The summed E-state index contributed by atoms with van der Waals surface area (Å²) in [6.07, 6.45) is 4.85. The van der Waals surface area contributed by atoms with E-state index in [4.69, 9.17) is 19.5 Å². The van der Waals surface area contributed by atoms with Gasteiger partial charge in [-0.3, -0.25) is 48.3 Å². The minimum atomic E-state index is -0.980. The van der Waals surface area contributed by atoms with Crippen LogP contribution in [0, 0.1) is 65.1 Å². The largest absolute Gasteiger partial charge is 0.460 e. The number of Topliss-reactive ketones (excluding diaryl/α,β-unsaturated/α-hetero) is 2. The SMILES string of the molecule is C.C.CC[C@H](C)[C@@H]1NC(=O)[C@H](C)NC(=O)[C@H](C)CC(=O)CC[C@H]2CSC(=N2)[C@@H](C)[C@@H](O)C[C@H](C)C[C@@H](C(C)(C)C)OC(=O)[C@@H]2CCCN2C1=O.Cc1ccc(C[C@@H]2CC(=O)CC[C@H]3CSC(=N3)[C@@H](C)[C@@H](O)C[C@H](C)C[C@@H](C(C)(C)C)OC(=O)[C@@H]3CCCN3C(=O)[C@H](C(C)C)NC(=O)[C@H](C)NC2=O)cc1. The second-order valence-electron chi connectivity index (χ2n) is 33.1. The normalized spacial score (nSPS) is 32.7. The highest BCUT2D eigenvalue weighted by Gasteiger charge is 2.45. The van der Waals surface area contributed by atoms with Gasteiger partial charge in [-0.2, -0.15) is 0 Å². The lowest BCUT2D eigenvalue weighted by Crippen LogP contribution is -2.57. The molecule has 2 saturated heterocycles. The highest BCUT2D eigenvalue weighted by molar-refractivity contribution is 8.14. The van der Waals surface area contributed by atoms with E-state index in [0.29, 0.717) is 96.6 Å². The Hall–Kier alpha value is -5.72. The number of nitrogens with zero attached hydrogens (tertiary/aromatic N) is 4. The van der Waals surface area contributed by atoms with E-state index in [1.807, 2.05) is 114 Å². The number of fused-ring (bicyclic) bond motifs is 4. The summed E-state index contributed by atoms with van der Waals surface area (Å²) in [6, 6.07) is 2.48. The van der Waals surface area contributed by atoms with Crippen LogP contribution < -0.4 is 21.3 Å². The van der Waals surface area contributed by atoms with E-state index >= 15 is 0 Å². The minimum absolute atomic E-state index is 0. The standard InChI is InChI=1S/C42H64N4O7S.C36H60N4O7S.2CH4/c1-24(2)36-40(51)46-18-10-11-33(46)41(52)53-35(42(7,8)9)20-26(4)19-34(48)27(5)39-44-31(23-54-39)16-17-32(47)22-30(21-29-14-12-25(3)13-15-29)38(50)43-28(6)37(49)45-36;1-10-21(3)30-34(45)40-15-11-12-27(40)35(46)47-29(36(7,8)9)17-20(2)16-28(42)23(5)33-38-25(19-48-33)13-14-26(41)18-22(4)31(43)37-24(6)32(44)39-30;;/h12-15,24,26-28,30-31,33-36,48H,10-11,16-23H2,1-9H3,(H,43,50)(H,45,49);20-25,27-30,42H,10-19H2,1-9H3,(H,37,43)(H,39,44);2*1H4/t26-,27-,28-,30+,31-,33-,34-,35-,36-;20-,21-,22+,23-,24-,25-,27-,28-,29-,30-;;/m00../s1. The van der Waals surface area contributed by atoms with Gasteiger partial charge in [-0.05, 0) is 131 Å². The molecule has 4 bridgehead atoms. The number of ketones is 2. The number of ether oxygens (including phenoxy) is 2. The van der Waals surface area contributed by atoms with Crippen molar-refractivity contribution in [1.82, 2.24) is 31.1 Å². The van der Waals surface area contributed by atoms with Crippen LogP contribution in [0.1, 0.15) is 240 Å². The van der Waals surface area contributed by atoms with Crippen molar-refractivity contribution in [2.45, 2.75) is 315 Å². The Balaban J connectivity index is 0.000000435. The molecule has 19 atom stereocenters. The number of cyclic esters (lactones) is 2. The molecule has 22 nitrogen and oxygen atoms in total. The maximum atomic E-state index is 14.1. The summed E-state index contributed by atoms with van der Waals surface area (Å²) in [5, 5.41) is 35.5. The Morgan fingerprint density at radius 1 is 0.558 bits per heavy atom. The Kier molecular flexibility index (Phi) is 35.8. The van der Waals surface area contributed by atoms with Crippen LogP contribution in [-0.2, 0) is 63.8 Å². The third kappa shape index (κ3) is 26.3. The van der Waals surface area contributed by atoms with E-state index in [2.05, 4.69) is 35.1 Å². The summed E-state index contributed by atoms with van der Waals surface area (Å²) >= 11 is 3.24. The number of nitrogens with one attached hydrogen (secondary N) is 4. The molecular weight excluding hydrogens is 1360 g/mol. The average Bonchev–Trinajstić information content (AvgIpc) is 1.57. The van der Waals surface area contributed by atoms with Gasteiger partial charge in [-0.15, -0.1) is 23.5 Å². The van der Waals surface area contributed by atoms with Crippen LogP contribution in [-0.4, -0.2) is 186 Å². The first-order valence-electron chi connectivity index (χ1n) is 37.9. The summed E-state index contributed by atoms with van der Waals surface area (Å²) in [5.74, 6) is -4.19. The molecular formula is C80H132N8O14S2. The molecule has 2 fully saturated rings. The van der Waals surface area contributed by atoms with Gasteiger partial charge in [0.1, 0.15) is 60.0 Å². The van der Waals surface area contributed by atoms with Gasteiger partial charge in [0.15, 0.2) is 0 Å². The zero-order chi connectivity index (χ0) is 75.8. The van der Waals surface area contributed by atoms with Crippen molar-refractivity contribution in [1.29, 1.82) is 0 Å². The molecule has 0 aromatic heterocycles. The zero-order valence-corrected chi connectivity index (χ0v) is 66.0. The van der Waals surface area contributed by atoms with Crippen LogP contribution in [0.4, 0.5) is 0 Å². The van der Waals surface area contributed by atoms with Gasteiger partial charge in [0.2, 0.25) is 35.4 Å². The summed E-state index contributed by atoms with van der Waals surface area (Å²) in [6.45, 7) is 35.2. The van der Waals surface area contributed by atoms with Crippen LogP contribution in [0.25, 0.3) is 0 Å². The van der Waals surface area contributed by atoms with Crippen molar-refractivity contribution in [2.75, 3.05) is 24.6 Å². The fourth-order valence-corrected chi connectivity index (χ4v) is 16.6. The van der Waals surface area contributed by atoms with E-state index in [9.17, 15) is 58.2 Å². The van der Waals surface area contributed by atoms with Gasteiger partial charge in [-0.1, -0.05) is 155 Å². The number of aliphatic imine (C=N–C) groups is 2. The highest BCUT2D eigenvalue weighted by atomic mass is 32.2. The lowest BCUT2D eigenvalue weighted by Gasteiger charge is -2.36. The highest BCUT2D eigenvalue weighted by Crippen LogP contribution is 2.37. The second kappa shape index (κ2) is 41.0. The molecule has 0 unspecified atom stereocenters. The molecule has 6 aliphatic rings. The molecule has 0 radical (unpaired) electrons. The Morgan fingerprint density at radius 3 is 1.39 bits per heavy atom. The smallest absolute Gasteiger partial charge is 0.329 e. The molecule has 7 rings (SSSR count). The predicted octanol–water partition coefficient (Wildman–Crippen LogP) is 11.0. The van der Waals surface area contributed by atoms with Gasteiger partial charge in [0.05, 0.1) is 34.4 Å². The number of aliphatic hydroxyl groups excluding tert-OH is 2. The summed E-state index contributed by atoms with van der Waals surface area (Å²) in [5.41, 5.74) is 1.23. The zero-order valence-electron chi connectivity index (χ0n) is 64.4. The molecule has 588 valence electrons. The summed E-state index contributed by atoms with van der Waals surface area (Å²) in [4.78, 5) is 148. The number of amides is 6. The molecule has 6 aliphatic heterocycles. The molecule has 0 spiro atoms. The first kappa shape index (κ1) is 90.7. The van der Waals surface area contributed by atoms with Crippen molar-refractivity contribution in [3.8, 4) is 0 Å². The first-order chi connectivity index (χ1) is 47.8. The first-order valence-corrected chi connectivity index (χ1v) is 39.8. The third-order valence-corrected chi connectivity index (χ3v) is 24.1. The van der Waals surface area contributed by atoms with Crippen molar-refractivity contribution in [3.63, 3.8) is 0 Å². The Labute approximate surface area is 631 Å². The minimum Gasteiger partial charge on any atom is -0.460 e. The molecule has 1 aromatic carbocycles. The molecule has 1 aromatic rings. The number of carbonyl (C=O) groups is 10. The predicted molar refractivity (Wildman–Crippen MR) is 415 cm³/mol. The van der Waals surface area contributed by atoms with Gasteiger partial charge in [0.25, 0.3) is 0 Å². The fourth-order valence-electron chi connectivity index (χ4n) is 14.1. The number of aryl methyl sites for hydroxylation is 1. The maximum absolute atomic E-state index is 14.1. The maximum Gasteiger partial charge on any atom is 0.329 e. The lowest BCUT2D eigenvalue weighted by molar-refractivity contribution is -0.165. The van der Waals surface area contributed by atoms with Crippen molar-refractivity contribution < 1.29 is 67.6 Å². The average molecular weight is 1490 g/mol. The molecule has 6 heterocycles. The molecule has 0 saturated carbocycles. The van der Waals surface area contributed by atoms with Crippen molar-refractivity contribution in [2.24, 2.45) is 68.2 Å². The summed E-state index contributed by atoms with van der Waals surface area (Å²) < 4.78 is 12.4. The lowest BCUT2D eigenvalue weighted by atomic mass is 9.81. The molecule has 24 heteroatoms. The number of benzene rings is 1. The fraction of sp³-hybridized carbons (Fsp3) is 0.775. The van der Waals surface area contributed by atoms with E-state index in [0.717, 1.165) is 32.7 Å². The number of aliphatic hydroxyl groups is 2. The second-order valence-corrected chi connectivity index (χ2v) is 35.2. The van der Waals surface area contributed by atoms with Crippen LogP contribution in [0.2, 0.25) is 0 Å². The van der Waals surface area contributed by atoms with Gasteiger partial charge in [0, 0.05) is 74.0 Å². The van der Waals surface area contributed by atoms with Crippen molar-refractivity contribution >= 4 is 92.6 Å². The van der Waals surface area contributed by atoms with Gasteiger partial charge >= 0.3 is 11.9 Å². The molecule has 0 aliphatic carbocycles. The van der Waals surface area contributed by atoms with Crippen molar-refractivity contribution in [3.05, 3.63) is 35.4 Å². The number of carbonyl (C=O) groups excluding carboxylic acids is 10. The van der Waals surface area contributed by atoms with E-state index in [1.165, 1.54) is 4.90 Å². The Bertz CT molecular complexity index is 3130. The number of esters is 2. The van der Waals surface area contributed by atoms with Crippen LogP contribution in [0.3, 0.4) is 0 Å². The Morgan fingerprint density at radius 2 is 0.971 bits per heavy atom. The topological polar surface area (TPSA) is 309 Å². The van der Waals surface area contributed by atoms with Crippen LogP contribution in [0.5, 0.6) is 0 Å². The molecule has 6 N–H and O–H groups in total. The van der Waals surface area contributed by atoms with E-state index in [-0.39, 0.29) is 116 Å². The van der Waals surface area contributed by atoms with Gasteiger partial charge in [-0.25, -0.2) is 9.59 Å². The third-order valence-electron chi connectivity index (χ3n) is 21.4. The number of hydrogen-bond acceptors (Lipinski definition) is 18. The van der Waals surface area contributed by atoms with Crippen LogP contribution in [0.15, 0.2) is 34.3 Å². The van der Waals surface area contributed by atoms with Gasteiger partial charge < -0.3 is 50.8 Å². The van der Waals surface area contributed by atoms with Crippen LogP contribution >= 0.6 is 23.5 Å².